The van der Waals surface area contributed by atoms with Gasteiger partial charge in [0.05, 0.1) is 12.2 Å². The molecule has 0 radical (unpaired) electrons. The van der Waals surface area contributed by atoms with E-state index in [0.717, 1.165) is 5.69 Å². The molecule has 1 aliphatic heterocycles. The normalized spacial score (nSPS) is 18.3. The van der Waals surface area contributed by atoms with Crippen molar-refractivity contribution >= 4 is 17.5 Å². The standard InChI is InChI=1S/C13H17N3O3/c1-8(12(17)14-2)16-13(18)11-7-15-9-5-3-4-6-10(9)19-11/h3-6,8,11,15H,7H2,1-2H3,(H,14,17)(H,16,18). The van der Waals surface area contributed by atoms with Gasteiger partial charge in [-0.3, -0.25) is 9.59 Å². The van der Waals surface area contributed by atoms with Crippen LogP contribution in [0.15, 0.2) is 24.3 Å². The molecule has 1 aromatic rings. The molecule has 0 aromatic heterocycles. The lowest BCUT2D eigenvalue weighted by Gasteiger charge is -2.27. The molecule has 19 heavy (non-hydrogen) atoms. The summed E-state index contributed by atoms with van der Waals surface area (Å²) in [4.78, 5) is 23.3. The molecule has 102 valence electrons. The molecule has 2 atom stereocenters. The first kappa shape index (κ1) is 13.2. The number of rotatable bonds is 3. The van der Waals surface area contributed by atoms with Gasteiger partial charge in [0.2, 0.25) is 5.91 Å². The molecular weight excluding hydrogens is 246 g/mol. The van der Waals surface area contributed by atoms with Crippen LogP contribution >= 0.6 is 0 Å². The lowest BCUT2D eigenvalue weighted by Crippen LogP contribution is -2.51. The minimum absolute atomic E-state index is 0.238. The van der Waals surface area contributed by atoms with E-state index in [-0.39, 0.29) is 11.8 Å². The second-order valence-corrected chi connectivity index (χ2v) is 4.33. The Morgan fingerprint density at radius 3 is 2.89 bits per heavy atom. The number of hydrogen-bond donors (Lipinski definition) is 3. The van der Waals surface area contributed by atoms with Crippen molar-refractivity contribution in [3.8, 4) is 5.75 Å². The first-order valence-corrected chi connectivity index (χ1v) is 6.13. The number of likely N-dealkylation sites (N-methyl/N-ethyl adjacent to an activating group) is 1. The number of fused-ring (bicyclic) bond motifs is 1. The topological polar surface area (TPSA) is 79.5 Å². The van der Waals surface area contributed by atoms with E-state index >= 15 is 0 Å². The van der Waals surface area contributed by atoms with Gasteiger partial charge >= 0.3 is 0 Å². The van der Waals surface area contributed by atoms with Crippen LogP contribution in [0.4, 0.5) is 5.69 Å². The molecule has 2 rings (SSSR count). The summed E-state index contributed by atoms with van der Waals surface area (Å²) < 4.78 is 5.60. The van der Waals surface area contributed by atoms with Crippen molar-refractivity contribution in [2.24, 2.45) is 0 Å². The van der Waals surface area contributed by atoms with Crippen LogP contribution in [0, 0.1) is 0 Å². The highest BCUT2D eigenvalue weighted by molar-refractivity contribution is 5.89. The Labute approximate surface area is 111 Å². The molecule has 6 nitrogen and oxygen atoms in total. The van der Waals surface area contributed by atoms with Gasteiger partial charge in [-0.25, -0.2) is 0 Å². The second kappa shape index (κ2) is 5.60. The number of anilines is 1. The Balaban J connectivity index is 1.97. The van der Waals surface area contributed by atoms with E-state index in [9.17, 15) is 9.59 Å². The van der Waals surface area contributed by atoms with Crippen LogP contribution in [0.2, 0.25) is 0 Å². The van der Waals surface area contributed by atoms with Gasteiger partial charge in [0, 0.05) is 7.05 Å². The van der Waals surface area contributed by atoms with Crippen molar-refractivity contribution in [3.05, 3.63) is 24.3 Å². The van der Waals surface area contributed by atoms with Crippen molar-refractivity contribution in [1.82, 2.24) is 10.6 Å². The molecule has 1 heterocycles. The fraction of sp³-hybridized carbons (Fsp3) is 0.385. The summed E-state index contributed by atoms with van der Waals surface area (Å²) >= 11 is 0. The fourth-order valence-electron chi connectivity index (χ4n) is 1.85. The van der Waals surface area contributed by atoms with Crippen molar-refractivity contribution in [2.75, 3.05) is 18.9 Å². The van der Waals surface area contributed by atoms with E-state index in [0.29, 0.717) is 12.3 Å². The molecule has 2 amide bonds. The average molecular weight is 263 g/mol. The smallest absolute Gasteiger partial charge is 0.263 e. The molecule has 1 aliphatic rings. The Hall–Kier alpha value is -2.24. The van der Waals surface area contributed by atoms with Gasteiger partial charge in [-0.05, 0) is 19.1 Å². The van der Waals surface area contributed by atoms with E-state index < -0.39 is 12.1 Å². The molecule has 1 aromatic carbocycles. The second-order valence-electron chi connectivity index (χ2n) is 4.33. The highest BCUT2D eigenvalue weighted by Gasteiger charge is 2.27. The summed E-state index contributed by atoms with van der Waals surface area (Å²) in [5.41, 5.74) is 0.867. The third-order valence-electron chi connectivity index (χ3n) is 2.93. The number of carbonyl (C=O) groups excluding carboxylic acids is 2. The van der Waals surface area contributed by atoms with Crippen LogP contribution in [-0.4, -0.2) is 37.6 Å². The van der Waals surface area contributed by atoms with Gasteiger partial charge in [-0.1, -0.05) is 12.1 Å². The zero-order valence-corrected chi connectivity index (χ0v) is 10.9. The maximum atomic E-state index is 12.0. The van der Waals surface area contributed by atoms with E-state index in [1.165, 1.54) is 7.05 Å². The first-order chi connectivity index (χ1) is 9.11. The molecule has 0 bridgehead atoms. The van der Waals surface area contributed by atoms with Crippen molar-refractivity contribution in [2.45, 2.75) is 19.1 Å². The van der Waals surface area contributed by atoms with E-state index in [2.05, 4.69) is 16.0 Å². The Morgan fingerprint density at radius 2 is 2.16 bits per heavy atom. The van der Waals surface area contributed by atoms with Gasteiger partial charge in [0.15, 0.2) is 6.10 Å². The molecule has 0 saturated carbocycles. The van der Waals surface area contributed by atoms with Gasteiger partial charge in [0.25, 0.3) is 5.91 Å². The molecule has 2 unspecified atom stereocenters. The predicted octanol–water partition coefficient (Wildman–Crippen LogP) is 0.110. The van der Waals surface area contributed by atoms with E-state index in [4.69, 9.17) is 4.74 Å². The molecule has 0 saturated heterocycles. The lowest BCUT2D eigenvalue weighted by molar-refractivity contribution is -0.132. The fourth-order valence-corrected chi connectivity index (χ4v) is 1.85. The van der Waals surface area contributed by atoms with Gasteiger partial charge in [-0.2, -0.15) is 0 Å². The first-order valence-electron chi connectivity index (χ1n) is 6.13. The lowest BCUT2D eigenvalue weighted by atomic mass is 10.2. The predicted molar refractivity (Wildman–Crippen MR) is 71.0 cm³/mol. The summed E-state index contributed by atoms with van der Waals surface area (Å²) in [6.45, 7) is 2.00. The number of amides is 2. The molecular formula is C13H17N3O3. The number of hydrogen-bond acceptors (Lipinski definition) is 4. The summed E-state index contributed by atoms with van der Waals surface area (Å²) in [7, 11) is 1.53. The van der Waals surface area contributed by atoms with Crippen LogP contribution in [0.5, 0.6) is 5.75 Å². The molecule has 3 N–H and O–H groups in total. The molecule has 6 heteroatoms. The summed E-state index contributed by atoms with van der Waals surface area (Å²) in [5.74, 6) is 0.0946. The third-order valence-corrected chi connectivity index (χ3v) is 2.93. The number of para-hydroxylation sites is 2. The largest absolute Gasteiger partial charge is 0.477 e. The Kier molecular flexibility index (Phi) is 3.89. The van der Waals surface area contributed by atoms with Gasteiger partial charge in [0.1, 0.15) is 11.8 Å². The van der Waals surface area contributed by atoms with Crippen LogP contribution < -0.4 is 20.7 Å². The highest BCUT2D eigenvalue weighted by atomic mass is 16.5. The summed E-state index contributed by atoms with van der Waals surface area (Å²) in [5, 5.41) is 8.22. The van der Waals surface area contributed by atoms with Gasteiger partial charge < -0.3 is 20.7 Å². The zero-order valence-electron chi connectivity index (χ0n) is 10.9. The van der Waals surface area contributed by atoms with Crippen LogP contribution in [0.1, 0.15) is 6.92 Å². The number of benzene rings is 1. The maximum absolute atomic E-state index is 12.0. The van der Waals surface area contributed by atoms with Crippen molar-refractivity contribution in [1.29, 1.82) is 0 Å². The number of ether oxygens (including phenoxy) is 1. The molecule has 0 aliphatic carbocycles. The number of carbonyl (C=O) groups is 2. The molecule has 0 fully saturated rings. The van der Waals surface area contributed by atoms with Crippen molar-refractivity contribution in [3.63, 3.8) is 0 Å². The van der Waals surface area contributed by atoms with Crippen LogP contribution in [0.3, 0.4) is 0 Å². The van der Waals surface area contributed by atoms with E-state index in [1.807, 2.05) is 18.2 Å². The highest BCUT2D eigenvalue weighted by Crippen LogP contribution is 2.28. The summed E-state index contributed by atoms with van der Waals surface area (Å²) in [6.07, 6.45) is -0.637. The minimum Gasteiger partial charge on any atom is -0.477 e. The Bertz CT molecular complexity index is 490. The van der Waals surface area contributed by atoms with Gasteiger partial charge in [-0.15, -0.1) is 0 Å². The van der Waals surface area contributed by atoms with Crippen molar-refractivity contribution < 1.29 is 14.3 Å². The average Bonchev–Trinajstić information content (AvgIpc) is 2.45. The number of nitrogens with one attached hydrogen (secondary N) is 3. The third kappa shape index (κ3) is 2.96. The SMILES string of the molecule is CNC(=O)C(C)NC(=O)C1CNc2ccccc2O1. The van der Waals surface area contributed by atoms with Crippen LogP contribution in [-0.2, 0) is 9.59 Å². The summed E-state index contributed by atoms with van der Waals surface area (Å²) in [6, 6.07) is 6.83. The van der Waals surface area contributed by atoms with Crippen LogP contribution in [0.25, 0.3) is 0 Å². The Morgan fingerprint density at radius 1 is 1.42 bits per heavy atom. The molecule has 0 spiro atoms. The van der Waals surface area contributed by atoms with E-state index in [1.54, 1.807) is 13.0 Å². The quantitative estimate of drug-likeness (QED) is 0.723. The zero-order chi connectivity index (χ0) is 13.8. The minimum atomic E-state index is -0.637. The monoisotopic (exact) mass is 263 g/mol. The maximum Gasteiger partial charge on any atom is 0.263 e.